The second-order valence-electron chi connectivity index (χ2n) is 4.76. The molecular formula is C14H16BrNO5. The van der Waals surface area contributed by atoms with E-state index in [9.17, 15) is 9.59 Å². The molecule has 0 spiro atoms. The van der Waals surface area contributed by atoms with E-state index in [1.54, 1.807) is 11.0 Å². The number of carboxylic acid groups (broad SMARTS) is 1. The Balaban J connectivity index is 1.99. The maximum atomic E-state index is 12.1. The van der Waals surface area contributed by atoms with Gasteiger partial charge in [-0.25, -0.2) is 4.79 Å². The van der Waals surface area contributed by atoms with Crippen molar-refractivity contribution in [3.63, 3.8) is 0 Å². The minimum Gasteiger partial charge on any atom is -0.483 e. The molecule has 6 nitrogen and oxygen atoms in total. The quantitative estimate of drug-likeness (QED) is 0.888. The molecule has 1 fully saturated rings. The molecule has 0 bridgehead atoms. The zero-order valence-electron chi connectivity index (χ0n) is 11.5. The lowest BCUT2D eigenvalue weighted by Gasteiger charge is -2.31. The Hall–Kier alpha value is -1.60. The molecule has 1 aliphatic heterocycles. The Kier molecular flexibility index (Phi) is 5.19. The van der Waals surface area contributed by atoms with Gasteiger partial charge in [0.2, 0.25) is 0 Å². The number of amides is 1. The van der Waals surface area contributed by atoms with Gasteiger partial charge < -0.3 is 19.5 Å². The number of halogens is 1. The van der Waals surface area contributed by atoms with Gasteiger partial charge in [0.25, 0.3) is 5.91 Å². The normalized spacial score (nSPS) is 18.4. The number of aromatic carboxylic acids is 1. The van der Waals surface area contributed by atoms with Gasteiger partial charge in [0.05, 0.1) is 12.7 Å². The molecular weight excluding hydrogens is 342 g/mol. The summed E-state index contributed by atoms with van der Waals surface area (Å²) in [6.07, 6.45) is 0.00459. The Morgan fingerprint density at radius 3 is 2.95 bits per heavy atom. The van der Waals surface area contributed by atoms with Crippen LogP contribution in [0.15, 0.2) is 22.7 Å². The predicted molar refractivity (Wildman–Crippen MR) is 78.6 cm³/mol. The molecule has 1 unspecified atom stereocenters. The summed E-state index contributed by atoms with van der Waals surface area (Å²) in [5.41, 5.74) is 0.0209. The summed E-state index contributed by atoms with van der Waals surface area (Å²) >= 11 is 3.21. The van der Waals surface area contributed by atoms with Crippen LogP contribution in [-0.4, -0.2) is 54.3 Å². The molecule has 1 heterocycles. The molecule has 0 radical (unpaired) electrons. The molecule has 1 amide bonds. The van der Waals surface area contributed by atoms with E-state index in [0.29, 0.717) is 24.2 Å². The zero-order chi connectivity index (χ0) is 15.4. The average Bonchev–Trinajstić information content (AvgIpc) is 2.45. The molecule has 1 aromatic rings. The number of hydrogen-bond acceptors (Lipinski definition) is 4. The maximum Gasteiger partial charge on any atom is 0.339 e. The van der Waals surface area contributed by atoms with Crippen molar-refractivity contribution in [3.8, 4) is 5.75 Å². The largest absolute Gasteiger partial charge is 0.483 e. The van der Waals surface area contributed by atoms with E-state index in [0.717, 1.165) is 0 Å². The number of ether oxygens (including phenoxy) is 2. The van der Waals surface area contributed by atoms with Crippen LogP contribution in [0.25, 0.3) is 0 Å². The van der Waals surface area contributed by atoms with Gasteiger partial charge in [-0.15, -0.1) is 0 Å². The summed E-state index contributed by atoms with van der Waals surface area (Å²) in [4.78, 5) is 24.9. The summed E-state index contributed by atoms with van der Waals surface area (Å²) in [5.74, 6) is -1.09. The molecule has 114 valence electrons. The molecule has 1 saturated heterocycles. The topological polar surface area (TPSA) is 76.1 Å². The van der Waals surface area contributed by atoms with Gasteiger partial charge in [0.1, 0.15) is 11.3 Å². The number of rotatable bonds is 4. The number of carboxylic acids is 1. The fraction of sp³-hybridized carbons (Fsp3) is 0.429. The van der Waals surface area contributed by atoms with Crippen LogP contribution in [0.5, 0.6) is 5.75 Å². The summed E-state index contributed by atoms with van der Waals surface area (Å²) < 4.78 is 11.4. The van der Waals surface area contributed by atoms with Gasteiger partial charge in [0.15, 0.2) is 6.61 Å². The second-order valence-corrected chi connectivity index (χ2v) is 5.67. The van der Waals surface area contributed by atoms with Crippen LogP contribution in [0.4, 0.5) is 0 Å². The predicted octanol–water partition coefficient (Wildman–Crippen LogP) is 1.77. The molecule has 0 aliphatic carbocycles. The number of carbonyl (C=O) groups is 2. The van der Waals surface area contributed by atoms with Crippen LogP contribution in [0, 0.1) is 0 Å². The van der Waals surface area contributed by atoms with E-state index in [2.05, 4.69) is 15.9 Å². The molecule has 0 aromatic heterocycles. The van der Waals surface area contributed by atoms with Gasteiger partial charge in [-0.2, -0.15) is 0 Å². The molecule has 1 N–H and O–H groups in total. The lowest BCUT2D eigenvalue weighted by molar-refractivity contribution is -0.140. The second kappa shape index (κ2) is 6.91. The Labute approximate surface area is 130 Å². The van der Waals surface area contributed by atoms with Gasteiger partial charge in [-0.3, -0.25) is 4.79 Å². The first-order valence-corrected chi connectivity index (χ1v) is 7.31. The summed E-state index contributed by atoms with van der Waals surface area (Å²) in [6.45, 7) is 3.27. The van der Waals surface area contributed by atoms with Crippen molar-refractivity contribution in [2.75, 3.05) is 26.3 Å². The van der Waals surface area contributed by atoms with Gasteiger partial charge in [0, 0.05) is 17.6 Å². The zero-order valence-corrected chi connectivity index (χ0v) is 13.1. The number of nitrogens with zero attached hydrogens (tertiary/aromatic N) is 1. The van der Waals surface area contributed by atoms with Crippen LogP contribution in [-0.2, 0) is 9.53 Å². The first kappa shape index (κ1) is 15.8. The number of benzene rings is 1. The van der Waals surface area contributed by atoms with Crippen LogP contribution in [0.2, 0.25) is 0 Å². The number of carbonyl (C=O) groups excluding carboxylic acids is 1. The number of morpholine rings is 1. The van der Waals surface area contributed by atoms with Crippen LogP contribution < -0.4 is 4.74 Å². The van der Waals surface area contributed by atoms with Crippen LogP contribution in [0.1, 0.15) is 17.3 Å². The minimum absolute atomic E-state index is 0.00459. The smallest absolute Gasteiger partial charge is 0.339 e. The molecule has 1 aliphatic rings. The SMILES string of the molecule is CC1CN(C(=O)COc2ccc(Br)cc2C(=O)O)CCO1. The van der Waals surface area contributed by atoms with Crippen LogP contribution >= 0.6 is 15.9 Å². The first-order valence-electron chi connectivity index (χ1n) is 6.52. The van der Waals surface area contributed by atoms with Crippen molar-refractivity contribution in [2.24, 2.45) is 0 Å². The Morgan fingerprint density at radius 1 is 1.52 bits per heavy atom. The molecule has 21 heavy (non-hydrogen) atoms. The van der Waals surface area contributed by atoms with Crippen molar-refractivity contribution < 1.29 is 24.2 Å². The van der Waals surface area contributed by atoms with Crippen molar-refractivity contribution >= 4 is 27.8 Å². The highest BCUT2D eigenvalue weighted by Crippen LogP contribution is 2.23. The van der Waals surface area contributed by atoms with E-state index in [1.807, 2.05) is 6.92 Å². The summed E-state index contributed by atoms with van der Waals surface area (Å²) in [7, 11) is 0. The van der Waals surface area contributed by atoms with Crippen molar-refractivity contribution in [1.82, 2.24) is 4.90 Å². The number of hydrogen-bond donors (Lipinski definition) is 1. The molecule has 0 saturated carbocycles. The summed E-state index contributed by atoms with van der Waals surface area (Å²) in [6, 6.07) is 4.64. The van der Waals surface area contributed by atoms with Gasteiger partial charge in [-0.1, -0.05) is 15.9 Å². The third-order valence-electron chi connectivity index (χ3n) is 3.12. The third-order valence-corrected chi connectivity index (χ3v) is 3.61. The fourth-order valence-electron chi connectivity index (χ4n) is 2.07. The van der Waals surface area contributed by atoms with Gasteiger partial charge >= 0.3 is 5.97 Å². The van der Waals surface area contributed by atoms with Crippen molar-refractivity contribution in [2.45, 2.75) is 13.0 Å². The lowest BCUT2D eigenvalue weighted by atomic mass is 10.2. The Morgan fingerprint density at radius 2 is 2.29 bits per heavy atom. The first-order chi connectivity index (χ1) is 9.97. The van der Waals surface area contributed by atoms with E-state index >= 15 is 0 Å². The van der Waals surface area contributed by atoms with E-state index < -0.39 is 5.97 Å². The van der Waals surface area contributed by atoms with E-state index in [-0.39, 0.29) is 29.9 Å². The summed E-state index contributed by atoms with van der Waals surface area (Å²) in [5, 5.41) is 9.13. The lowest BCUT2D eigenvalue weighted by Crippen LogP contribution is -2.46. The highest BCUT2D eigenvalue weighted by atomic mass is 79.9. The van der Waals surface area contributed by atoms with Gasteiger partial charge in [-0.05, 0) is 25.1 Å². The van der Waals surface area contributed by atoms with Crippen LogP contribution in [0.3, 0.4) is 0 Å². The maximum absolute atomic E-state index is 12.1. The van der Waals surface area contributed by atoms with E-state index in [1.165, 1.54) is 12.1 Å². The molecule has 7 heteroatoms. The highest BCUT2D eigenvalue weighted by Gasteiger charge is 2.22. The third kappa shape index (κ3) is 4.18. The van der Waals surface area contributed by atoms with Crippen molar-refractivity contribution in [1.29, 1.82) is 0 Å². The highest BCUT2D eigenvalue weighted by molar-refractivity contribution is 9.10. The standard InChI is InChI=1S/C14H16BrNO5/c1-9-7-16(4-5-20-9)13(17)8-21-12-3-2-10(15)6-11(12)14(18)19/h2-3,6,9H,4-5,7-8H2,1H3,(H,18,19). The molecule has 2 rings (SSSR count). The molecule has 1 atom stereocenters. The Bertz CT molecular complexity index is 548. The minimum atomic E-state index is -1.10. The van der Waals surface area contributed by atoms with E-state index in [4.69, 9.17) is 14.6 Å². The van der Waals surface area contributed by atoms with Crippen molar-refractivity contribution in [3.05, 3.63) is 28.2 Å². The average molecular weight is 358 g/mol. The monoisotopic (exact) mass is 357 g/mol. The fourth-order valence-corrected chi connectivity index (χ4v) is 2.43. The molecule has 1 aromatic carbocycles.